The molecule has 0 unspecified atom stereocenters. The Kier molecular flexibility index (Phi) is 2.81. The maximum absolute atomic E-state index is 11.5. The number of carbonyl (C=O) groups is 1. The van der Waals surface area contributed by atoms with E-state index in [1.54, 1.807) is 6.33 Å². The van der Waals surface area contributed by atoms with Crippen LogP contribution in [-0.4, -0.2) is 37.6 Å². The van der Waals surface area contributed by atoms with Crippen LogP contribution in [0.15, 0.2) is 12.7 Å². The monoisotopic (exact) mass is 261 g/mol. The fraction of sp³-hybridized carbons (Fsp3) is 0.500. The Hall–Kier alpha value is -2.18. The molecule has 0 aromatic carbocycles. The number of fused-ring (bicyclic) bond motifs is 1. The van der Waals surface area contributed by atoms with Crippen molar-refractivity contribution in [3.8, 4) is 0 Å². The number of carboxylic acids is 1. The lowest BCUT2D eigenvalue weighted by Gasteiger charge is -2.24. The summed E-state index contributed by atoms with van der Waals surface area (Å²) in [5, 5.41) is 12.6. The van der Waals surface area contributed by atoms with Crippen molar-refractivity contribution in [3.05, 3.63) is 12.7 Å². The summed E-state index contributed by atoms with van der Waals surface area (Å²) in [6.45, 7) is 0.382. The normalized spacial score (nSPS) is 17.7. The lowest BCUT2D eigenvalue weighted by atomic mass is 9.86. The van der Waals surface area contributed by atoms with E-state index < -0.39 is 11.4 Å². The second-order valence-corrected chi connectivity index (χ2v) is 4.97. The van der Waals surface area contributed by atoms with Gasteiger partial charge in [0.1, 0.15) is 11.8 Å². The number of aliphatic carboxylic acids is 1. The molecule has 1 aliphatic carbocycles. The van der Waals surface area contributed by atoms with Crippen molar-refractivity contribution < 1.29 is 9.90 Å². The van der Waals surface area contributed by atoms with E-state index in [0.717, 1.165) is 12.8 Å². The van der Waals surface area contributed by atoms with E-state index in [2.05, 4.69) is 25.3 Å². The zero-order valence-corrected chi connectivity index (χ0v) is 10.4. The number of imidazole rings is 1. The number of carboxylic acid groups (broad SMARTS) is 1. The topological polar surface area (TPSA) is 104 Å². The first-order chi connectivity index (χ1) is 9.21. The molecular formula is C12H15N5O2. The molecule has 100 valence electrons. The van der Waals surface area contributed by atoms with Crippen LogP contribution in [0.3, 0.4) is 0 Å². The third kappa shape index (κ3) is 2.00. The van der Waals surface area contributed by atoms with Crippen LogP contribution in [0.2, 0.25) is 0 Å². The number of H-pyrrole nitrogens is 1. The highest BCUT2D eigenvalue weighted by molar-refractivity contribution is 5.82. The van der Waals surface area contributed by atoms with Crippen molar-refractivity contribution in [2.75, 3.05) is 11.9 Å². The first-order valence-corrected chi connectivity index (χ1v) is 6.33. The summed E-state index contributed by atoms with van der Waals surface area (Å²) < 4.78 is 0. The van der Waals surface area contributed by atoms with Gasteiger partial charge in [-0.15, -0.1) is 0 Å². The van der Waals surface area contributed by atoms with Crippen molar-refractivity contribution in [1.82, 2.24) is 19.9 Å². The zero-order valence-electron chi connectivity index (χ0n) is 10.4. The fourth-order valence-corrected chi connectivity index (χ4v) is 2.67. The molecular weight excluding hydrogens is 246 g/mol. The van der Waals surface area contributed by atoms with Crippen LogP contribution in [0.25, 0.3) is 11.2 Å². The van der Waals surface area contributed by atoms with Crippen LogP contribution >= 0.6 is 0 Å². The molecule has 0 aliphatic heterocycles. The summed E-state index contributed by atoms with van der Waals surface area (Å²) in [6.07, 6.45) is 6.34. The van der Waals surface area contributed by atoms with E-state index in [1.807, 2.05) is 0 Å². The molecule has 3 rings (SSSR count). The van der Waals surface area contributed by atoms with Crippen LogP contribution in [0.1, 0.15) is 25.7 Å². The second kappa shape index (κ2) is 4.49. The number of nitrogens with zero attached hydrogens (tertiary/aromatic N) is 3. The van der Waals surface area contributed by atoms with E-state index in [4.69, 9.17) is 0 Å². The molecule has 0 atom stereocenters. The summed E-state index contributed by atoms with van der Waals surface area (Å²) in [5.74, 6) is -0.123. The van der Waals surface area contributed by atoms with E-state index in [9.17, 15) is 9.90 Å². The van der Waals surface area contributed by atoms with Gasteiger partial charge in [0.05, 0.1) is 11.7 Å². The van der Waals surface area contributed by atoms with Gasteiger partial charge in [0.2, 0.25) is 0 Å². The first-order valence-electron chi connectivity index (χ1n) is 6.33. The van der Waals surface area contributed by atoms with Gasteiger partial charge in [-0.25, -0.2) is 15.0 Å². The van der Waals surface area contributed by atoms with Crippen molar-refractivity contribution in [1.29, 1.82) is 0 Å². The lowest BCUT2D eigenvalue weighted by Crippen LogP contribution is -2.35. The average Bonchev–Trinajstić information content (AvgIpc) is 3.06. The molecule has 2 heterocycles. The number of hydrogen-bond acceptors (Lipinski definition) is 5. The van der Waals surface area contributed by atoms with Crippen molar-refractivity contribution in [2.45, 2.75) is 25.7 Å². The lowest BCUT2D eigenvalue weighted by molar-refractivity contribution is -0.147. The first kappa shape index (κ1) is 11.9. The van der Waals surface area contributed by atoms with E-state index in [0.29, 0.717) is 36.4 Å². The number of aromatic amines is 1. The van der Waals surface area contributed by atoms with Crippen LogP contribution in [0.4, 0.5) is 5.82 Å². The highest BCUT2D eigenvalue weighted by atomic mass is 16.4. The Morgan fingerprint density at radius 3 is 2.89 bits per heavy atom. The van der Waals surface area contributed by atoms with E-state index >= 15 is 0 Å². The third-order valence-electron chi connectivity index (χ3n) is 3.83. The molecule has 7 nitrogen and oxygen atoms in total. The summed E-state index contributed by atoms with van der Waals surface area (Å²) >= 11 is 0. The van der Waals surface area contributed by atoms with Crippen LogP contribution in [0.5, 0.6) is 0 Å². The summed E-state index contributed by atoms with van der Waals surface area (Å²) in [6, 6.07) is 0. The van der Waals surface area contributed by atoms with E-state index in [-0.39, 0.29) is 0 Å². The minimum Gasteiger partial charge on any atom is -0.481 e. The number of aromatic nitrogens is 4. The van der Waals surface area contributed by atoms with Gasteiger partial charge in [0.25, 0.3) is 0 Å². The van der Waals surface area contributed by atoms with Crippen molar-refractivity contribution in [2.24, 2.45) is 5.41 Å². The van der Waals surface area contributed by atoms with Gasteiger partial charge in [0, 0.05) is 6.54 Å². The largest absolute Gasteiger partial charge is 0.481 e. The van der Waals surface area contributed by atoms with Gasteiger partial charge < -0.3 is 15.4 Å². The van der Waals surface area contributed by atoms with Gasteiger partial charge in [-0.2, -0.15) is 0 Å². The van der Waals surface area contributed by atoms with Gasteiger partial charge >= 0.3 is 5.97 Å². The molecule has 3 N–H and O–H groups in total. The molecule has 0 amide bonds. The predicted octanol–water partition coefficient (Wildman–Crippen LogP) is 1.41. The molecule has 2 aromatic rings. The summed E-state index contributed by atoms with van der Waals surface area (Å²) in [7, 11) is 0. The second-order valence-electron chi connectivity index (χ2n) is 4.97. The smallest absolute Gasteiger partial charge is 0.311 e. The van der Waals surface area contributed by atoms with Crippen LogP contribution in [0, 0.1) is 5.41 Å². The Morgan fingerprint density at radius 2 is 2.16 bits per heavy atom. The minimum absolute atomic E-state index is 0.382. The predicted molar refractivity (Wildman–Crippen MR) is 68.7 cm³/mol. The van der Waals surface area contributed by atoms with Gasteiger partial charge in [-0.05, 0) is 12.8 Å². The molecule has 2 aromatic heterocycles. The van der Waals surface area contributed by atoms with Crippen molar-refractivity contribution >= 4 is 23.0 Å². The Morgan fingerprint density at radius 1 is 1.37 bits per heavy atom. The van der Waals surface area contributed by atoms with Gasteiger partial charge in [0.15, 0.2) is 11.5 Å². The quantitative estimate of drug-likeness (QED) is 0.768. The molecule has 0 bridgehead atoms. The van der Waals surface area contributed by atoms with Crippen molar-refractivity contribution in [3.63, 3.8) is 0 Å². The van der Waals surface area contributed by atoms with Gasteiger partial charge in [-0.3, -0.25) is 4.79 Å². The molecule has 0 radical (unpaired) electrons. The number of nitrogens with one attached hydrogen (secondary N) is 2. The molecule has 1 saturated carbocycles. The highest BCUT2D eigenvalue weighted by Crippen LogP contribution is 2.38. The Balaban J connectivity index is 1.82. The third-order valence-corrected chi connectivity index (χ3v) is 3.83. The maximum Gasteiger partial charge on any atom is 0.311 e. The SMILES string of the molecule is O=C(O)C1(CNc2ncnc3nc[nH]c23)CCCC1. The standard InChI is InChI=1S/C12H15N5O2/c18-11(19)12(3-1-2-4-12)5-13-9-8-10(15-6-14-8)17-7-16-9/h6-7H,1-5H2,(H,18,19)(H2,13,14,15,16,17). The zero-order chi connectivity index (χ0) is 13.3. The molecule has 0 spiro atoms. The van der Waals surface area contributed by atoms with Gasteiger partial charge in [-0.1, -0.05) is 12.8 Å². The minimum atomic E-state index is -0.729. The van der Waals surface area contributed by atoms with Crippen LogP contribution < -0.4 is 5.32 Å². The number of hydrogen-bond donors (Lipinski definition) is 3. The molecule has 1 fully saturated rings. The summed E-state index contributed by atoms with van der Waals surface area (Å²) in [5.41, 5.74) is 0.617. The number of rotatable bonds is 4. The molecule has 0 saturated heterocycles. The summed E-state index contributed by atoms with van der Waals surface area (Å²) in [4.78, 5) is 26.6. The van der Waals surface area contributed by atoms with E-state index in [1.165, 1.54) is 6.33 Å². The molecule has 19 heavy (non-hydrogen) atoms. The molecule has 7 heteroatoms. The average molecular weight is 261 g/mol. The highest BCUT2D eigenvalue weighted by Gasteiger charge is 2.41. The Labute approximate surface area is 109 Å². The van der Waals surface area contributed by atoms with Crippen LogP contribution in [-0.2, 0) is 4.79 Å². The molecule has 1 aliphatic rings. The fourth-order valence-electron chi connectivity index (χ4n) is 2.67. The maximum atomic E-state index is 11.5. The number of anilines is 1. The Bertz CT molecular complexity index is 603.